The molecule has 0 aliphatic rings. The van der Waals surface area contributed by atoms with Gasteiger partial charge in [-0.25, -0.2) is 4.39 Å². The minimum atomic E-state index is -0.243. The number of rotatable bonds is 2. The zero-order chi connectivity index (χ0) is 12.6. The van der Waals surface area contributed by atoms with Crippen molar-refractivity contribution in [2.24, 2.45) is 5.73 Å². The van der Waals surface area contributed by atoms with Crippen molar-refractivity contribution in [3.8, 4) is 0 Å². The maximum atomic E-state index is 13.0. The van der Waals surface area contributed by atoms with Gasteiger partial charge in [-0.1, -0.05) is 6.07 Å². The molecule has 2 N–H and O–H groups in total. The largest absolute Gasteiger partial charge is 0.320 e. The highest BCUT2D eigenvalue weighted by Gasteiger charge is 2.17. The van der Waals surface area contributed by atoms with Crippen LogP contribution in [0.4, 0.5) is 4.39 Å². The van der Waals surface area contributed by atoms with Crippen molar-refractivity contribution in [1.82, 2.24) is 0 Å². The fourth-order valence-corrected chi connectivity index (χ4v) is 4.65. The fraction of sp³-hybridized carbons (Fsp3) is 0.167. The van der Waals surface area contributed by atoms with Crippen LogP contribution >= 0.6 is 43.2 Å². The number of hydrogen-bond acceptors (Lipinski definition) is 2. The highest BCUT2D eigenvalue weighted by atomic mass is 79.9. The van der Waals surface area contributed by atoms with Crippen LogP contribution in [-0.4, -0.2) is 0 Å². The van der Waals surface area contributed by atoms with Crippen LogP contribution in [-0.2, 0) is 0 Å². The molecule has 0 amide bonds. The molecular formula is C12H10Br2FNS. The normalized spacial score (nSPS) is 12.8. The standard InChI is InChI=1S/C12H10Br2FNS/c1-6-4-7(15)2-3-8(6)11(16)9-5-10(13)17-12(9)14/h2-5,11H,16H2,1H3. The van der Waals surface area contributed by atoms with Gasteiger partial charge in [0.2, 0.25) is 0 Å². The average Bonchev–Trinajstić information content (AvgIpc) is 2.57. The van der Waals surface area contributed by atoms with E-state index in [0.717, 1.165) is 24.3 Å². The molecule has 0 aliphatic carbocycles. The second-order valence-electron chi connectivity index (χ2n) is 3.76. The first kappa shape index (κ1) is 13.2. The first-order chi connectivity index (χ1) is 7.99. The van der Waals surface area contributed by atoms with Gasteiger partial charge in [0.05, 0.1) is 13.6 Å². The van der Waals surface area contributed by atoms with Crippen LogP contribution in [0.15, 0.2) is 31.8 Å². The Bertz CT molecular complexity index is 553. The van der Waals surface area contributed by atoms with Crippen molar-refractivity contribution in [3.63, 3.8) is 0 Å². The molecule has 1 heterocycles. The van der Waals surface area contributed by atoms with Crippen LogP contribution in [0.1, 0.15) is 22.7 Å². The lowest BCUT2D eigenvalue weighted by Gasteiger charge is -2.14. The second kappa shape index (κ2) is 5.18. The Balaban J connectivity index is 2.43. The van der Waals surface area contributed by atoms with Crippen molar-refractivity contribution >= 4 is 43.2 Å². The Hall–Kier alpha value is -0.230. The van der Waals surface area contributed by atoms with E-state index in [1.165, 1.54) is 12.1 Å². The van der Waals surface area contributed by atoms with Gasteiger partial charge in [-0.05, 0) is 73.7 Å². The molecule has 1 aromatic heterocycles. The molecule has 1 nitrogen and oxygen atoms in total. The summed E-state index contributed by atoms with van der Waals surface area (Å²) in [7, 11) is 0. The van der Waals surface area contributed by atoms with Crippen molar-refractivity contribution in [1.29, 1.82) is 0 Å². The number of thiophene rings is 1. The molecule has 0 saturated carbocycles. The zero-order valence-electron chi connectivity index (χ0n) is 9.01. The Morgan fingerprint density at radius 3 is 2.47 bits per heavy atom. The third-order valence-corrected chi connectivity index (χ3v) is 4.97. The molecule has 0 saturated heterocycles. The fourth-order valence-electron chi connectivity index (χ4n) is 1.72. The van der Waals surface area contributed by atoms with E-state index in [1.807, 2.05) is 13.0 Å². The Kier molecular flexibility index (Phi) is 4.02. The van der Waals surface area contributed by atoms with E-state index >= 15 is 0 Å². The van der Waals surface area contributed by atoms with Crippen LogP contribution < -0.4 is 5.73 Å². The van der Waals surface area contributed by atoms with Crippen LogP contribution in [0, 0.1) is 12.7 Å². The van der Waals surface area contributed by atoms with E-state index in [9.17, 15) is 4.39 Å². The predicted molar refractivity (Wildman–Crippen MR) is 76.9 cm³/mol. The van der Waals surface area contributed by atoms with Crippen LogP contribution in [0.2, 0.25) is 0 Å². The van der Waals surface area contributed by atoms with Gasteiger partial charge in [-0.15, -0.1) is 11.3 Å². The monoisotopic (exact) mass is 377 g/mol. The molecule has 0 spiro atoms. The van der Waals surface area contributed by atoms with Crippen molar-refractivity contribution < 1.29 is 4.39 Å². The van der Waals surface area contributed by atoms with Gasteiger partial charge in [0.1, 0.15) is 5.82 Å². The van der Waals surface area contributed by atoms with Crippen molar-refractivity contribution in [2.75, 3.05) is 0 Å². The molecule has 1 atom stereocenters. The van der Waals surface area contributed by atoms with E-state index in [0.29, 0.717) is 0 Å². The maximum Gasteiger partial charge on any atom is 0.123 e. The highest BCUT2D eigenvalue weighted by molar-refractivity contribution is 9.12. The molecule has 0 aliphatic heterocycles. The number of benzene rings is 1. The minimum Gasteiger partial charge on any atom is -0.320 e. The topological polar surface area (TPSA) is 26.0 Å². The highest BCUT2D eigenvalue weighted by Crippen LogP contribution is 2.37. The Labute approximate surface area is 120 Å². The number of halogens is 3. The number of nitrogens with two attached hydrogens (primary N) is 1. The number of hydrogen-bond donors (Lipinski definition) is 1. The average molecular weight is 379 g/mol. The van der Waals surface area contributed by atoms with Gasteiger partial charge in [-0.2, -0.15) is 0 Å². The molecule has 0 bridgehead atoms. The summed E-state index contributed by atoms with van der Waals surface area (Å²) in [6.45, 7) is 1.87. The molecule has 90 valence electrons. The van der Waals surface area contributed by atoms with Crippen molar-refractivity contribution in [2.45, 2.75) is 13.0 Å². The first-order valence-corrected chi connectivity index (χ1v) is 7.35. The second-order valence-corrected chi connectivity index (χ2v) is 7.51. The molecule has 17 heavy (non-hydrogen) atoms. The third kappa shape index (κ3) is 2.78. The minimum absolute atomic E-state index is 0.232. The summed E-state index contributed by atoms with van der Waals surface area (Å²) < 4.78 is 15.1. The predicted octanol–water partition coefficient (Wildman–Crippen LogP) is 4.77. The molecule has 1 unspecified atom stereocenters. The quantitative estimate of drug-likeness (QED) is 0.800. The van der Waals surface area contributed by atoms with E-state index in [2.05, 4.69) is 31.9 Å². The summed E-state index contributed by atoms with van der Waals surface area (Å²) in [4.78, 5) is 0. The Morgan fingerprint density at radius 1 is 1.24 bits per heavy atom. The number of aryl methyl sites for hydroxylation is 1. The van der Waals surface area contributed by atoms with Gasteiger partial charge in [-0.3, -0.25) is 0 Å². The molecular weight excluding hydrogens is 369 g/mol. The molecule has 0 radical (unpaired) electrons. The molecule has 2 aromatic rings. The van der Waals surface area contributed by atoms with Gasteiger partial charge in [0.15, 0.2) is 0 Å². The van der Waals surface area contributed by atoms with E-state index in [1.54, 1.807) is 17.4 Å². The first-order valence-electron chi connectivity index (χ1n) is 4.95. The summed E-state index contributed by atoms with van der Waals surface area (Å²) in [6, 6.07) is 6.44. The lowest BCUT2D eigenvalue weighted by atomic mass is 9.98. The van der Waals surface area contributed by atoms with E-state index in [-0.39, 0.29) is 11.9 Å². The van der Waals surface area contributed by atoms with E-state index < -0.39 is 0 Å². The lowest BCUT2D eigenvalue weighted by molar-refractivity contribution is 0.624. The summed E-state index contributed by atoms with van der Waals surface area (Å²) in [5.41, 5.74) is 9.03. The van der Waals surface area contributed by atoms with Crippen LogP contribution in [0.5, 0.6) is 0 Å². The van der Waals surface area contributed by atoms with Gasteiger partial charge in [0.25, 0.3) is 0 Å². The van der Waals surface area contributed by atoms with Gasteiger partial charge >= 0.3 is 0 Å². The zero-order valence-corrected chi connectivity index (χ0v) is 13.0. The molecule has 0 fully saturated rings. The SMILES string of the molecule is Cc1cc(F)ccc1C(N)c1cc(Br)sc1Br. The molecule has 2 rings (SSSR count). The summed E-state index contributed by atoms with van der Waals surface area (Å²) in [6.07, 6.45) is 0. The molecule has 5 heteroatoms. The molecule has 1 aromatic carbocycles. The van der Waals surface area contributed by atoms with Gasteiger partial charge in [0, 0.05) is 0 Å². The summed E-state index contributed by atoms with van der Waals surface area (Å²) in [5.74, 6) is -0.232. The van der Waals surface area contributed by atoms with Crippen LogP contribution in [0.25, 0.3) is 0 Å². The summed E-state index contributed by atoms with van der Waals surface area (Å²) >= 11 is 8.50. The smallest absolute Gasteiger partial charge is 0.123 e. The van der Waals surface area contributed by atoms with E-state index in [4.69, 9.17) is 5.73 Å². The van der Waals surface area contributed by atoms with Gasteiger partial charge < -0.3 is 5.73 Å². The lowest BCUT2D eigenvalue weighted by Crippen LogP contribution is -2.13. The van der Waals surface area contributed by atoms with Crippen LogP contribution in [0.3, 0.4) is 0 Å². The summed E-state index contributed by atoms with van der Waals surface area (Å²) in [5, 5.41) is 0. The van der Waals surface area contributed by atoms with Crippen molar-refractivity contribution in [3.05, 3.63) is 54.3 Å². The maximum absolute atomic E-state index is 13.0. The Morgan fingerprint density at radius 2 is 1.94 bits per heavy atom. The third-order valence-electron chi connectivity index (χ3n) is 2.59.